The van der Waals surface area contributed by atoms with Crippen molar-refractivity contribution >= 4 is 11.6 Å². The van der Waals surface area contributed by atoms with Crippen molar-refractivity contribution in [3.63, 3.8) is 0 Å². The summed E-state index contributed by atoms with van der Waals surface area (Å²) in [5.74, 6) is 0.280. The summed E-state index contributed by atoms with van der Waals surface area (Å²) in [5.41, 5.74) is 2.58. The lowest BCUT2D eigenvalue weighted by Gasteiger charge is -2.38. The fraction of sp³-hybridized carbons (Fsp3) is 0.550. The SMILES string of the molecule is C=CCN1CCN(C(=O)CN2CCN(c3ccc(C)cc3)CC2)CC1. The van der Waals surface area contributed by atoms with E-state index in [-0.39, 0.29) is 5.91 Å². The number of hydrogen-bond acceptors (Lipinski definition) is 4. The zero-order valence-electron chi connectivity index (χ0n) is 15.4. The maximum absolute atomic E-state index is 12.6. The van der Waals surface area contributed by atoms with E-state index in [0.29, 0.717) is 6.54 Å². The van der Waals surface area contributed by atoms with E-state index in [4.69, 9.17) is 0 Å². The lowest BCUT2D eigenvalue weighted by molar-refractivity contribution is -0.134. The molecule has 2 aliphatic rings. The number of carbonyl (C=O) groups excluding carboxylic acids is 1. The Kier molecular flexibility index (Phi) is 6.10. The van der Waals surface area contributed by atoms with Crippen molar-refractivity contribution in [2.45, 2.75) is 6.92 Å². The molecule has 136 valence electrons. The molecular formula is C20H30N4O. The Labute approximate surface area is 151 Å². The van der Waals surface area contributed by atoms with Gasteiger partial charge in [0.05, 0.1) is 6.54 Å². The van der Waals surface area contributed by atoms with Crippen LogP contribution in [-0.2, 0) is 4.79 Å². The molecule has 0 aromatic heterocycles. The smallest absolute Gasteiger partial charge is 0.236 e. The summed E-state index contributed by atoms with van der Waals surface area (Å²) in [6, 6.07) is 8.71. The van der Waals surface area contributed by atoms with Gasteiger partial charge in [-0.3, -0.25) is 14.6 Å². The molecule has 0 spiro atoms. The van der Waals surface area contributed by atoms with Gasteiger partial charge >= 0.3 is 0 Å². The van der Waals surface area contributed by atoms with Crippen molar-refractivity contribution in [2.24, 2.45) is 0 Å². The lowest BCUT2D eigenvalue weighted by Crippen LogP contribution is -2.53. The van der Waals surface area contributed by atoms with E-state index in [9.17, 15) is 4.79 Å². The molecule has 0 saturated carbocycles. The predicted molar refractivity (Wildman–Crippen MR) is 103 cm³/mol. The highest BCUT2D eigenvalue weighted by Gasteiger charge is 2.24. The molecule has 2 aliphatic heterocycles. The topological polar surface area (TPSA) is 30.0 Å². The van der Waals surface area contributed by atoms with Crippen LogP contribution in [0.15, 0.2) is 36.9 Å². The molecule has 2 heterocycles. The van der Waals surface area contributed by atoms with E-state index >= 15 is 0 Å². The van der Waals surface area contributed by atoms with E-state index in [2.05, 4.69) is 52.5 Å². The fourth-order valence-corrected chi connectivity index (χ4v) is 3.57. The van der Waals surface area contributed by atoms with Gasteiger partial charge in [-0.05, 0) is 19.1 Å². The summed E-state index contributed by atoms with van der Waals surface area (Å²) in [6.45, 7) is 14.9. The van der Waals surface area contributed by atoms with Gasteiger partial charge < -0.3 is 9.80 Å². The largest absolute Gasteiger partial charge is 0.369 e. The number of rotatable bonds is 5. The van der Waals surface area contributed by atoms with Gasteiger partial charge in [0.2, 0.25) is 5.91 Å². The number of anilines is 1. The Balaban J connectivity index is 1.42. The molecule has 5 heteroatoms. The zero-order chi connectivity index (χ0) is 17.6. The number of nitrogens with zero attached hydrogens (tertiary/aromatic N) is 4. The van der Waals surface area contributed by atoms with E-state index in [1.165, 1.54) is 11.3 Å². The van der Waals surface area contributed by atoms with Gasteiger partial charge in [0, 0.05) is 64.6 Å². The summed E-state index contributed by atoms with van der Waals surface area (Å²) < 4.78 is 0. The summed E-state index contributed by atoms with van der Waals surface area (Å²) in [5, 5.41) is 0. The van der Waals surface area contributed by atoms with Crippen LogP contribution in [0.3, 0.4) is 0 Å². The molecule has 5 nitrogen and oxygen atoms in total. The van der Waals surface area contributed by atoms with Gasteiger partial charge in [0.15, 0.2) is 0 Å². The molecule has 2 saturated heterocycles. The molecule has 2 fully saturated rings. The summed E-state index contributed by atoms with van der Waals surface area (Å²) >= 11 is 0. The summed E-state index contributed by atoms with van der Waals surface area (Å²) in [4.78, 5) is 21.6. The normalized spacial score (nSPS) is 19.9. The highest BCUT2D eigenvalue weighted by atomic mass is 16.2. The van der Waals surface area contributed by atoms with Crippen molar-refractivity contribution in [1.82, 2.24) is 14.7 Å². The molecular weight excluding hydrogens is 312 g/mol. The van der Waals surface area contributed by atoms with Crippen LogP contribution < -0.4 is 4.90 Å². The van der Waals surface area contributed by atoms with Gasteiger partial charge in [0.1, 0.15) is 0 Å². The predicted octanol–water partition coefficient (Wildman–Crippen LogP) is 1.45. The second-order valence-electron chi connectivity index (χ2n) is 7.07. The Hall–Kier alpha value is -1.85. The van der Waals surface area contributed by atoms with Crippen molar-refractivity contribution < 1.29 is 4.79 Å². The second kappa shape index (κ2) is 8.50. The summed E-state index contributed by atoms with van der Waals surface area (Å²) in [6.07, 6.45) is 1.94. The number of amides is 1. The Morgan fingerprint density at radius 3 is 2.16 bits per heavy atom. The minimum absolute atomic E-state index is 0.280. The van der Waals surface area contributed by atoms with Crippen molar-refractivity contribution in [2.75, 3.05) is 70.3 Å². The number of benzene rings is 1. The molecule has 0 bridgehead atoms. The Morgan fingerprint density at radius 1 is 0.960 bits per heavy atom. The third-order valence-corrected chi connectivity index (χ3v) is 5.24. The second-order valence-corrected chi connectivity index (χ2v) is 7.07. The average molecular weight is 342 g/mol. The maximum Gasteiger partial charge on any atom is 0.236 e. The zero-order valence-corrected chi connectivity index (χ0v) is 15.4. The highest BCUT2D eigenvalue weighted by Crippen LogP contribution is 2.17. The highest BCUT2D eigenvalue weighted by molar-refractivity contribution is 5.78. The van der Waals surface area contributed by atoms with E-state index in [1.54, 1.807) is 0 Å². The van der Waals surface area contributed by atoms with Gasteiger partial charge in [-0.15, -0.1) is 6.58 Å². The molecule has 1 amide bonds. The molecule has 25 heavy (non-hydrogen) atoms. The maximum atomic E-state index is 12.6. The van der Waals surface area contributed by atoms with Crippen LogP contribution in [0.1, 0.15) is 5.56 Å². The van der Waals surface area contributed by atoms with Crippen LogP contribution in [-0.4, -0.2) is 86.1 Å². The first-order valence-electron chi connectivity index (χ1n) is 9.31. The number of piperazine rings is 2. The monoisotopic (exact) mass is 342 g/mol. The fourth-order valence-electron chi connectivity index (χ4n) is 3.57. The summed E-state index contributed by atoms with van der Waals surface area (Å²) in [7, 11) is 0. The van der Waals surface area contributed by atoms with Crippen LogP contribution in [0, 0.1) is 6.92 Å². The molecule has 0 aliphatic carbocycles. The number of hydrogen-bond donors (Lipinski definition) is 0. The number of carbonyl (C=O) groups is 1. The quantitative estimate of drug-likeness (QED) is 0.758. The molecule has 0 atom stereocenters. The van der Waals surface area contributed by atoms with Crippen LogP contribution >= 0.6 is 0 Å². The van der Waals surface area contributed by atoms with E-state index in [0.717, 1.165) is 58.9 Å². The lowest BCUT2D eigenvalue weighted by atomic mass is 10.2. The van der Waals surface area contributed by atoms with Gasteiger partial charge in [-0.1, -0.05) is 23.8 Å². The van der Waals surface area contributed by atoms with Crippen LogP contribution in [0.4, 0.5) is 5.69 Å². The molecule has 0 unspecified atom stereocenters. The van der Waals surface area contributed by atoms with E-state index < -0.39 is 0 Å². The number of aryl methyl sites for hydroxylation is 1. The Morgan fingerprint density at radius 2 is 1.56 bits per heavy atom. The molecule has 3 rings (SSSR count). The van der Waals surface area contributed by atoms with E-state index in [1.807, 2.05) is 11.0 Å². The Bertz CT molecular complexity index is 570. The van der Waals surface area contributed by atoms with Crippen LogP contribution in [0.5, 0.6) is 0 Å². The standard InChI is InChI=1S/C20H30N4O/c1-3-8-21-9-15-24(16-10-21)20(25)17-22-11-13-23(14-12-22)19-6-4-18(2)5-7-19/h3-7H,1,8-17H2,2H3. The minimum Gasteiger partial charge on any atom is -0.369 e. The van der Waals surface area contributed by atoms with Crippen molar-refractivity contribution in [1.29, 1.82) is 0 Å². The van der Waals surface area contributed by atoms with Crippen molar-refractivity contribution in [3.05, 3.63) is 42.5 Å². The third kappa shape index (κ3) is 4.83. The molecule has 0 radical (unpaired) electrons. The van der Waals surface area contributed by atoms with Crippen molar-refractivity contribution in [3.8, 4) is 0 Å². The van der Waals surface area contributed by atoms with Crippen LogP contribution in [0.25, 0.3) is 0 Å². The van der Waals surface area contributed by atoms with Gasteiger partial charge in [0.25, 0.3) is 0 Å². The minimum atomic E-state index is 0.280. The molecule has 1 aromatic rings. The molecule has 1 aromatic carbocycles. The first kappa shape index (κ1) is 18.0. The van der Waals surface area contributed by atoms with Gasteiger partial charge in [-0.25, -0.2) is 0 Å². The average Bonchev–Trinajstić information content (AvgIpc) is 2.64. The third-order valence-electron chi connectivity index (χ3n) is 5.24. The first-order valence-corrected chi connectivity index (χ1v) is 9.31. The molecule has 0 N–H and O–H groups in total. The first-order chi connectivity index (χ1) is 12.2. The van der Waals surface area contributed by atoms with Gasteiger partial charge in [-0.2, -0.15) is 0 Å². The van der Waals surface area contributed by atoms with Crippen LogP contribution in [0.2, 0.25) is 0 Å².